The molecule has 6 nitrogen and oxygen atoms in total. The lowest BCUT2D eigenvalue weighted by Crippen LogP contribution is -2.46. The number of morpholine rings is 1. The minimum absolute atomic E-state index is 0.0858. The first-order valence-electron chi connectivity index (χ1n) is 6.13. The Kier molecular flexibility index (Phi) is 4.00. The van der Waals surface area contributed by atoms with E-state index in [4.69, 9.17) is 10.6 Å². The Labute approximate surface area is 114 Å². The number of nitrogens with zero attached hydrogens (tertiary/aromatic N) is 3. The molecule has 1 fully saturated rings. The Morgan fingerprint density at radius 2 is 1.90 bits per heavy atom. The van der Waals surface area contributed by atoms with E-state index in [0.29, 0.717) is 13.1 Å². The van der Waals surface area contributed by atoms with E-state index in [0.717, 1.165) is 6.07 Å². The van der Waals surface area contributed by atoms with Gasteiger partial charge in [-0.3, -0.25) is 5.43 Å². The van der Waals surface area contributed by atoms with Crippen LogP contribution in [0.2, 0.25) is 0 Å². The Morgan fingerprint density at radius 3 is 2.40 bits per heavy atom. The van der Waals surface area contributed by atoms with Crippen molar-refractivity contribution in [3.63, 3.8) is 0 Å². The van der Waals surface area contributed by atoms with Gasteiger partial charge in [-0.25, -0.2) is 10.8 Å². The summed E-state index contributed by atoms with van der Waals surface area (Å²) in [5.41, 5.74) is 1.04. The molecule has 2 heterocycles. The van der Waals surface area contributed by atoms with E-state index in [1.165, 1.54) is 0 Å². The number of hydrazine groups is 1. The van der Waals surface area contributed by atoms with Gasteiger partial charge in [-0.05, 0) is 13.8 Å². The fourth-order valence-electron chi connectivity index (χ4n) is 2.17. The van der Waals surface area contributed by atoms with E-state index in [1.54, 1.807) is 4.90 Å². The molecule has 1 saturated heterocycles. The van der Waals surface area contributed by atoms with Crippen LogP contribution in [0.5, 0.6) is 0 Å². The lowest BCUT2D eigenvalue weighted by Gasteiger charge is -2.36. The van der Waals surface area contributed by atoms with Gasteiger partial charge < -0.3 is 9.64 Å². The first-order valence-corrected chi connectivity index (χ1v) is 6.13. The summed E-state index contributed by atoms with van der Waals surface area (Å²) in [5, 5.41) is 0. The van der Waals surface area contributed by atoms with Crippen molar-refractivity contribution in [3.8, 4) is 0 Å². The average Bonchev–Trinajstić information content (AvgIpc) is 2.36. The number of hydrogen-bond acceptors (Lipinski definition) is 6. The Morgan fingerprint density at radius 1 is 1.30 bits per heavy atom. The summed E-state index contributed by atoms with van der Waals surface area (Å²) in [6, 6.07) is 0.922. The van der Waals surface area contributed by atoms with Crippen LogP contribution in [-0.2, 0) is 10.9 Å². The van der Waals surface area contributed by atoms with Gasteiger partial charge in [0, 0.05) is 19.2 Å². The van der Waals surface area contributed by atoms with Crippen LogP contribution in [-0.4, -0.2) is 35.3 Å². The van der Waals surface area contributed by atoms with Gasteiger partial charge in [0.1, 0.15) is 5.82 Å². The molecular weight excluding hydrogens is 275 g/mol. The van der Waals surface area contributed by atoms with E-state index < -0.39 is 11.9 Å². The van der Waals surface area contributed by atoms with E-state index in [-0.39, 0.29) is 24.0 Å². The molecule has 3 N–H and O–H groups in total. The van der Waals surface area contributed by atoms with Crippen molar-refractivity contribution in [1.29, 1.82) is 0 Å². The number of anilines is 2. The van der Waals surface area contributed by atoms with Crippen molar-refractivity contribution in [2.75, 3.05) is 23.4 Å². The van der Waals surface area contributed by atoms with Gasteiger partial charge in [-0.2, -0.15) is 18.2 Å². The lowest BCUT2D eigenvalue weighted by atomic mass is 10.2. The highest BCUT2D eigenvalue weighted by molar-refractivity contribution is 5.45. The third-order valence-electron chi connectivity index (χ3n) is 2.88. The second-order valence-corrected chi connectivity index (χ2v) is 4.74. The number of nitrogens with two attached hydrogens (primary N) is 1. The smallest absolute Gasteiger partial charge is 0.372 e. The predicted octanol–water partition coefficient (Wildman–Crippen LogP) is 1.39. The molecule has 0 amide bonds. The molecule has 0 aromatic carbocycles. The number of rotatable bonds is 2. The quantitative estimate of drug-likeness (QED) is 0.633. The second-order valence-electron chi connectivity index (χ2n) is 4.74. The lowest BCUT2D eigenvalue weighted by molar-refractivity contribution is -0.141. The molecular formula is C11H16F3N5O. The Balaban J connectivity index is 2.35. The molecule has 0 spiro atoms. The van der Waals surface area contributed by atoms with Crippen LogP contribution in [0.3, 0.4) is 0 Å². The second kappa shape index (κ2) is 5.41. The number of nitrogen functional groups attached to an aromatic ring is 1. The van der Waals surface area contributed by atoms with E-state index in [9.17, 15) is 13.2 Å². The number of nitrogens with one attached hydrogen (secondary N) is 1. The van der Waals surface area contributed by atoms with Crippen LogP contribution in [0.25, 0.3) is 0 Å². The fourth-order valence-corrected chi connectivity index (χ4v) is 2.17. The van der Waals surface area contributed by atoms with Crippen molar-refractivity contribution in [3.05, 3.63) is 11.8 Å². The van der Waals surface area contributed by atoms with Crippen molar-refractivity contribution in [2.45, 2.75) is 32.2 Å². The molecule has 1 aliphatic rings. The van der Waals surface area contributed by atoms with E-state index in [1.807, 2.05) is 13.8 Å². The molecule has 1 aromatic heterocycles. The van der Waals surface area contributed by atoms with E-state index >= 15 is 0 Å². The molecule has 0 saturated carbocycles. The maximum Gasteiger partial charge on any atom is 0.433 e. The summed E-state index contributed by atoms with van der Waals surface area (Å²) < 4.78 is 44.0. The number of halogens is 3. The number of hydrogen-bond donors (Lipinski definition) is 2. The van der Waals surface area contributed by atoms with Crippen LogP contribution in [0.4, 0.5) is 24.9 Å². The zero-order valence-electron chi connectivity index (χ0n) is 11.1. The minimum atomic E-state index is -4.55. The highest BCUT2D eigenvalue weighted by atomic mass is 19.4. The first-order chi connectivity index (χ1) is 9.29. The van der Waals surface area contributed by atoms with Crippen LogP contribution in [0.15, 0.2) is 6.07 Å². The molecule has 1 aromatic rings. The van der Waals surface area contributed by atoms with Crippen LogP contribution in [0.1, 0.15) is 19.5 Å². The summed E-state index contributed by atoms with van der Waals surface area (Å²) in [5.74, 6) is 5.05. The van der Waals surface area contributed by atoms with Gasteiger partial charge in [-0.1, -0.05) is 0 Å². The standard InChI is InChI=1S/C11H16F3N5O/c1-6-4-19(5-7(2)20-6)9-3-8(11(12,13)14)16-10(17-9)18-15/h3,6-7H,4-5,15H2,1-2H3,(H,16,17,18)/t6-,7+. The van der Waals surface area contributed by atoms with E-state index in [2.05, 4.69) is 15.4 Å². The van der Waals surface area contributed by atoms with Gasteiger partial charge in [0.15, 0.2) is 5.69 Å². The van der Waals surface area contributed by atoms with Crippen molar-refractivity contribution in [2.24, 2.45) is 5.84 Å². The molecule has 0 unspecified atom stereocenters. The third kappa shape index (κ3) is 3.28. The Hall–Kier alpha value is -1.61. The fraction of sp³-hybridized carbons (Fsp3) is 0.636. The average molecular weight is 291 g/mol. The monoisotopic (exact) mass is 291 g/mol. The van der Waals surface area contributed by atoms with Gasteiger partial charge in [0.05, 0.1) is 12.2 Å². The molecule has 2 rings (SSSR count). The molecule has 2 atom stereocenters. The van der Waals surface area contributed by atoms with Gasteiger partial charge in [0.2, 0.25) is 5.95 Å². The van der Waals surface area contributed by atoms with Crippen LogP contribution in [0, 0.1) is 0 Å². The largest absolute Gasteiger partial charge is 0.433 e. The topological polar surface area (TPSA) is 76.3 Å². The third-order valence-corrected chi connectivity index (χ3v) is 2.88. The molecule has 112 valence electrons. The normalized spacial score (nSPS) is 23.8. The number of alkyl halides is 3. The molecule has 0 bridgehead atoms. The highest BCUT2D eigenvalue weighted by Crippen LogP contribution is 2.31. The number of aromatic nitrogens is 2. The van der Waals surface area contributed by atoms with Crippen molar-refractivity contribution < 1.29 is 17.9 Å². The zero-order chi connectivity index (χ0) is 14.9. The summed E-state index contributed by atoms with van der Waals surface area (Å²) in [7, 11) is 0. The molecule has 0 aliphatic carbocycles. The van der Waals surface area contributed by atoms with Crippen molar-refractivity contribution in [1.82, 2.24) is 9.97 Å². The summed E-state index contributed by atoms with van der Waals surface area (Å²) >= 11 is 0. The molecule has 20 heavy (non-hydrogen) atoms. The SMILES string of the molecule is C[C@@H]1CN(c2cc(C(F)(F)F)nc(NN)n2)C[C@H](C)O1. The number of ether oxygens (including phenoxy) is 1. The zero-order valence-corrected chi connectivity index (χ0v) is 11.1. The van der Waals surface area contributed by atoms with Crippen LogP contribution >= 0.6 is 0 Å². The van der Waals surface area contributed by atoms with Crippen molar-refractivity contribution >= 4 is 11.8 Å². The first kappa shape index (κ1) is 14.8. The summed E-state index contributed by atoms with van der Waals surface area (Å²) in [4.78, 5) is 9.04. The van der Waals surface area contributed by atoms with Gasteiger partial charge >= 0.3 is 6.18 Å². The summed E-state index contributed by atoms with van der Waals surface area (Å²) in [6.45, 7) is 4.64. The molecule has 1 aliphatic heterocycles. The van der Waals surface area contributed by atoms with Crippen LogP contribution < -0.4 is 16.2 Å². The Bertz CT molecular complexity index is 472. The summed E-state index contributed by atoms with van der Waals surface area (Å²) in [6.07, 6.45) is -4.72. The molecule has 0 radical (unpaired) electrons. The predicted molar refractivity (Wildman–Crippen MR) is 67.1 cm³/mol. The van der Waals surface area contributed by atoms with Gasteiger partial charge in [0.25, 0.3) is 0 Å². The maximum atomic E-state index is 12.8. The van der Waals surface area contributed by atoms with Gasteiger partial charge in [-0.15, -0.1) is 0 Å². The molecule has 9 heteroatoms. The highest BCUT2D eigenvalue weighted by Gasteiger charge is 2.35. The minimum Gasteiger partial charge on any atom is -0.372 e. The maximum absolute atomic E-state index is 12.8.